The maximum absolute atomic E-state index is 12.4. The highest BCUT2D eigenvalue weighted by Gasteiger charge is 2.54. The van der Waals surface area contributed by atoms with E-state index < -0.39 is 0 Å². The van der Waals surface area contributed by atoms with Gasteiger partial charge < -0.3 is 4.74 Å². The summed E-state index contributed by atoms with van der Waals surface area (Å²) in [7, 11) is 0. The van der Waals surface area contributed by atoms with Crippen LogP contribution in [-0.4, -0.2) is 11.8 Å². The molecule has 0 unspecified atom stereocenters. The van der Waals surface area contributed by atoms with Gasteiger partial charge in [0.1, 0.15) is 16.4 Å². The molecule has 4 heteroatoms. The molecule has 2 aromatic rings. The van der Waals surface area contributed by atoms with E-state index in [1.807, 2.05) is 17.5 Å². The van der Waals surface area contributed by atoms with Crippen molar-refractivity contribution in [2.45, 2.75) is 51.4 Å². The van der Waals surface area contributed by atoms with Gasteiger partial charge in [0.2, 0.25) is 0 Å². The van der Waals surface area contributed by atoms with E-state index in [0.29, 0.717) is 34.2 Å². The number of fused-ring (bicyclic) bond motifs is 5. The van der Waals surface area contributed by atoms with Crippen molar-refractivity contribution in [3.8, 4) is 5.75 Å². The van der Waals surface area contributed by atoms with Gasteiger partial charge in [-0.2, -0.15) is 0 Å². The number of esters is 1. The van der Waals surface area contributed by atoms with Crippen molar-refractivity contribution in [1.82, 2.24) is 0 Å². The predicted octanol–water partition coefficient (Wildman–Crippen LogP) is 5.39. The first kappa shape index (κ1) is 17.2. The van der Waals surface area contributed by atoms with Crippen LogP contribution in [0.5, 0.6) is 5.75 Å². The Morgan fingerprint density at radius 3 is 2.89 bits per heavy atom. The summed E-state index contributed by atoms with van der Waals surface area (Å²) in [5.74, 6) is 2.58. The average molecular weight is 381 g/mol. The van der Waals surface area contributed by atoms with Crippen LogP contribution in [0.15, 0.2) is 35.7 Å². The van der Waals surface area contributed by atoms with E-state index in [-0.39, 0.29) is 11.4 Å². The van der Waals surface area contributed by atoms with Crippen LogP contribution in [0.4, 0.5) is 0 Å². The Hall–Kier alpha value is -1.94. The van der Waals surface area contributed by atoms with Gasteiger partial charge in [-0.15, -0.1) is 11.3 Å². The summed E-state index contributed by atoms with van der Waals surface area (Å²) in [6.07, 6.45) is 6.13. The van der Waals surface area contributed by atoms with Gasteiger partial charge in [0.25, 0.3) is 0 Å². The molecule has 1 heterocycles. The zero-order chi connectivity index (χ0) is 18.6. The average Bonchev–Trinajstić information content (AvgIpc) is 3.30. The molecule has 4 atom stereocenters. The van der Waals surface area contributed by atoms with Gasteiger partial charge in [-0.05, 0) is 84.6 Å². The summed E-state index contributed by atoms with van der Waals surface area (Å²) in [4.78, 5) is 25.3. The zero-order valence-electron chi connectivity index (χ0n) is 15.6. The minimum Gasteiger partial charge on any atom is -0.422 e. The molecule has 5 rings (SSSR count). The molecule has 0 saturated heterocycles. The molecule has 0 radical (unpaired) electrons. The van der Waals surface area contributed by atoms with E-state index in [1.54, 1.807) is 6.07 Å². The van der Waals surface area contributed by atoms with E-state index in [9.17, 15) is 9.59 Å². The summed E-state index contributed by atoms with van der Waals surface area (Å²) in [5, 5.41) is 1.88. The molecule has 3 nitrogen and oxygen atoms in total. The van der Waals surface area contributed by atoms with Gasteiger partial charge >= 0.3 is 5.97 Å². The number of aryl methyl sites for hydroxylation is 1. The molecular weight excluding hydrogens is 356 g/mol. The lowest BCUT2D eigenvalue weighted by Crippen LogP contribution is -2.42. The van der Waals surface area contributed by atoms with Gasteiger partial charge in [-0.3, -0.25) is 4.79 Å². The molecule has 140 valence electrons. The first-order valence-corrected chi connectivity index (χ1v) is 10.9. The Balaban J connectivity index is 1.39. The SMILES string of the molecule is C[C@]12CC[C@@H]3c4ccc(OC(=O)c5cccs5)cc4CC[C@H]3[C@@H]1CCC2=O. The topological polar surface area (TPSA) is 43.4 Å². The molecule has 0 amide bonds. The predicted molar refractivity (Wildman–Crippen MR) is 105 cm³/mol. The fourth-order valence-corrected chi connectivity index (χ4v) is 6.54. The summed E-state index contributed by atoms with van der Waals surface area (Å²) >= 11 is 1.40. The van der Waals surface area contributed by atoms with Crippen LogP contribution in [0.25, 0.3) is 0 Å². The van der Waals surface area contributed by atoms with Crippen molar-refractivity contribution in [3.63, 3.8) is 0 Å². The van der Waals surface area contributed by atoms with Crippen LogP contribution in [-0.2, 0) is 11.2 Å². The van der Waals surface area contributed by atoms with Crippen molar-refractivity contribution >= 4 is 23.1 Å². The minimum atomic E-state index is -0.281. The second-order valence-corrected chi connectivity index (χ2v) is 9.51. The lowest BCUT2D eigenvalue weighted by Gasteiger charge is -2.48. The Bertz CT molecular complexity index is 900. The summed E-state index contributed by atoms with van der Waals surface area (Å²) in [5.41, 5.74) is 2.67. The van der Waals surface area contributed by atoms with E-state index in [2.05, 4.69) is 19.1 Å². The highest BCUT2D eigenvalue weighted by Crippen LogP contribution is 2.59. The fraction of sp³-hybridized carbons (Fsp3) is 0.478. The van der Waals surface area contributed by atoms with E-state index >= 15 is 0 Å². The zero-order valence-corrected chi connectivity index (χ0v) is 16.4. The van der Waals surface area contributed by atoms with Crippen LogP contribution < -0.4 is 4.74 Å². The van der Waals surface area contributed by atoms with Gasteiger partial charge in [-0.1, -0.05) is 19.1 Å². The number of ether oxygens (including phenoxy) is 1. The van der Waals surface area contributed by atoms with E-state index in [4.69, 9.17) is 4.74 Å². The molecule has 3 aliphatic rings. The lowest BCUT2D eigenvalue weighted by molar-refractivity contribution is -0.129. The molecule has 0 bridgehead atoms. The Kier molecular flexibility index (Phi) is 4.01. The van der Waals surface area contributed by atoms with E-state index in [0.717, 1.165) is 38.5 Å². The first-order chi connectivity index (χ1) is 13.1. The third-order valence-electron chi connectivity index (χ3n) is 7.34. The van der Waals surface area contributed by atoms with Gasteiger partial charge in [0.15, 0.2) is 0 Å². The molecule has 0 aliphatic heterocycles. The van der Waals surface area contributed by atoms with Crippen molar-refractivity contribution in [2.24, 2.45) is 17.3 Å². The van der Waals surface area contributed by atoms with Gasteiger partial charge in [-0.25, -0.2) is 4.79 Å². The van der Waals surface area contributed by atoms with Crippen LogP contribution in [0.1, 0.15) is 65.7 Å². The summed E-state index contributed by atoms with van der Waals surface area (Å²) in [6.45, 7) is 2.21. The summed E-state index contributed by atoms with van der Waals surface area (Å²) < 4.78 is 5.59. The third kappa shape index (κ3) is 2.68. The number of benzene rings is 1. The molecule has 2 saturated carbocycles. The fourth-order valence-electron chi connectivity index (χ4n) is 5.95. The maximum Gasteiger partial charge on any atom is 0.353 e. The number of thiophene rings is 1. The van der Waals surface area contributed by atoms with Crippen LogP contribution in [0, 0.1) is 17.3 Å². The Morgan fingerprint density at radius 1 is 1.19 bits per heavy atom. The van der Waals surface area contributed by atoms with Crippen molar-refractivity contribution < 1.29 is 14.3 Å². The quantitative estimate of drug-likeness (QED) is 0.518. The molecule has 2 fully saturated rings. The number of hydrogen-bond acceptors (Lipinski definition) is 4. The first-order valence-electron chi connectivity index (χ1n) is 9.98. The molecule has 3 aliphatic carbocycles. The standard InChI is InChI=1S/C23H24O3S/c1-23-11-10-17-16-7-5-15(26-22(25)20-3-2-12-27-20)13-14(16)4-6-18(17)19(23)8-9-21(23)24/h2-3,5,7,12-13,17-19H,4,6,8-11H2,1H3/t17-,18-,19+,23+/m1/s1. The number of rotatable bonds is 2. The normalized spacial score (nSPS) is 31.7. The largest absolute Gasteiger partial charge is 0.422 e. The van der Waals surface area contributed by atoms with Crippen LogP contribution in [0.2, 0.25) is 0 Å². The second kappa shape index (κ2) is 6.30. The molecule has 1 aromatic heterocycles. The highest BCUT2D eigenvalue weighted by atomic mass is 32.1. The van der Waals surface area contributed by atoms with Crippen LogP contribution in [0.3, 0.4) is 0 Å². The molecule has 0 N–H and O–H groups in total. The van der Waals surface area contributed by atoms with Gasteiger partial charge in [0.05, 0.1) is 0 Å². The Morgan fingerprint density at radius 2 is 2.07 bits per heavy atom. The monoisotopic (exact) mass is 380 g/mol. The van der Waals surface area contributed by atoms with Crippen molar-refractivity contribution in [1.29, 1.82) is 0 Å². The lowest BCUT2D eigenvalue weighted by atomic mass is 9.55. The maximum atomic E-state index is 12.4. The Labute approximate surface area is 163 Å². The number of Topliss-reactive ketones (excluding diaryl/α,β-unsaturated/α-hetero) is 1. The van der Waals surface area contributed by atoms with Crippen molar-refractivity contribution in [2.75, 3.05) is 0 Å². The van der Waals surface area contributed by atoms with Crippen molar-refractivity contribution in [3.05, 3.63) is 51.7 Å². The number of carbonyl (C=O) groups excluding carboxylic acids is 2. The number of hydrogen-bond donors (Lipinski definition) is 0. The number of carbonyl (C=O) groups is 2. The molecule has 27 heavy (non-hydrogen) atoms. The molecule has 1 aromatic carbocycles. The third-order valence-corrected chi connectivity index (χ3v) is 8.19. The molecular formula is C23H24O3S. The smallest absolute Gasteiger partial charge is 0.353 e. The van der Waals surface area contributed by atoms with E-state index in [1.165, 1.54) is 22.5 Å². The van der Waals surface area contributed by atoms with Gasteiger partial charge in [0, 0.05) is 11.8 Å². The summed E-state index contributed by atoms with van der Waals surface area (Å²) in [6, 6.07) is 9.82. The number of ketones is 1. The van der Waals surface area contributed by atoms with Crippen LogP contribution >= 0.6 is 11.3 Å². The highest BCUT2D eigenvalue weighted by molar-refractivity contribution is 7.12. The molecule has 0 spiro atoms. The minimum absolute atomic E-state index is 0.0746. The second-order valence-electron chi connectivity index (χ2n) is 8.56.